The van der Waals surface area contributed by atoms with E-state index in [1.165, 1.54) is 4.90 Å². The highest BCUT2D eigenvalue weighted by molar-refractivity contribution is 14.1. The Kier molecular flexibility index (Phi) is 8.40. The molecule has 4 aromatic carbocycles. The van der Waals surface area contributed by atoms with Gasteiger partial charge in [0.1, 0.15) is 6.61 Å². The van der Waals surface area contributed by atoms with Crippen molar-refractivity contribution in [2.45, 2.75) is 20.1 Å². The predicted molar refractivity (Wildman–Crippen MR) is 164 cm³/mol. The summed E-state index contributed by atoms with van der Waals surface area (Å²) in [6.07, 6.45) is 1.72. The van der Waals surface area contributed by atoms with Crippen LogP contribution in [0.15, 0.2) is 88.2 Å². The predicted octanol–water partition coefficient (Wildman–Crippen LogP) is 8.42. The van der Waals surface area contributed by atoms with Gasteiger partial charge in [-0.25, -0.2) is 0 Å². The molecule has 4 aromatic rings. The smallest absolute Gasteiger partial charge is 0.293 e. The molecule has 1 aliphatic rings. The Bertz CT molecular complexity index is 1550. The molecule has 0 spiro atoms. The summed E-state index contributed by atoms with van der Waals surface area (Å²) >= 11 is 6.80. The second-order valence-electron chi connectivity index (χ2n) is 8.58. The summed E-state index contributed by atoms with van der Waals surface area (Å²) in [4.78, 5) is 27.4. The fourth-order valence-electron chi connectivity index (χ4n) is 4.20. The number of hydrogen-bond donors (Lipinski definition) is 0. The minimum atomic E-state index is -0.302. The number of carbonyl (C=O) groups is 2. The second-order valence-corrected chi connectivity index (χ2v) is 11.7. The van der Waals surface area contributed by atoms with E-state index < -0.39 is 0 Å². The molecule has 2 amide bonds. The van der Waals surface area contributed by atoms with Crippen molar-refractivity contribution in [2.24, 2.45) is 0 Å². The molecule has 0 N–H and O–H groups in total. The van der Waals surface area contributed by atoms with Gasteiger partial charge in [0.2, 0.25) is 0 Å². The molecule has 192 valence electrons. The van der Waals surface area contributed by atoms with Crippen molar-refractivity contribution in [2.75, 3.05) is 6.61 Å². The quantitative estimate of drug-likeness (QED) is 0.137. The number of carbonyl (C=O) groups excluding carboxylic acids is 2. The van der Waals surface area contributed by atoms with Crippen LogP contribution in [-0.4, -0.2) is 22.7 Å². The normalized spacial score (nSPS) is 14.5. The molecule has 1 aliphatic heterocycles. The molecule has 0 radical (unpaired) electrons. The minimum Gasteiger partial charge on any atom is -0.490 e. The van der Waals surface area contributed by atoms with E-state index in [-0.39, 0.29) is 17.7 Å². The van der Waals surface area contributed by atoms with Gasteiger partial charge in [0, 0.05) is 3.57 Å². The largest absolute Gasteiger partial charge is 0.490 e. The molecular formula is C30H23BrINO4S. The van der Waals surface area contributed by atoms with Crippen LogP contribution in [-0.2, 0) is 17.9 Å². The van der Waals surface area contributed by atoms with Crippen molar-refractivity contribution in [3.05, 3.63) is 109 Å². The van der Waals surface area contributed by atoms with Gasteiger partial charge in [0.15, 0.2) is 11.5 Å². The number of halogens is 2. The van der Waals surface area contributed by atoms with Gasteiger partial charge >= 0.3 is 0 Å². The lowest BCUT2D eigenvalue weighted by molar-refractivity contribution is -0.123. The lowest BCUT2D eigenvalue weighted by atomic mass is 10.1. The molecule has 0 bridgehead atoms. The van der Waals surface area contributed by atoms with Gasteiger partial charge in [-0.1, -0.05) is 54.6 Å². The molecule has 5 rings (SSSR count). The Labute approximate surface area is 247 Å². The Balaban J connectivity index is 1.38. The molecule has 0 saturated carbocycles. The molecule has 1 heterocycles. The van der Waals surface area contributed by atoms with E-state index in [0.717, 1.165) is 42.8 Å². The van der Waals surface area contributed by atoms with E-state index in [9.17, 15) is 9.59 Å². The van der Waals surface area contributed by atoms with Gasteiger partial charge in [-0.05, 0) is 115 Å². The molecule has 0 unspecified atom stereocenters. The number of ether oxygens (including phenoxy) is 2. The van der Waals surface area contributed by atoms with Gasteiger partial charge in [-0.3, -0.25) is 14.5 Å². The van der Waals surface area contributed by atoms with Gasteiger partial charge in [-0.15, -0.1) is 0 Å². The van der Waals surface area contributed by atoms with Crippen molar-refractivity contribution in [3.8, 4) is 11.5 Å². The van der Waals surface area contributed by atoms with E-state index >= 15 is 0 Å². The number of rotatable bonds is 8. The van der Waals surface area contributed by atoms with Crippen LogP contribution in [0.25, 0.3) is 16.8 Å². The minimum absolute atomic E-state index is 0.244. The number of hydrogen-bond acceptors (Lipinski definition) is 5. The molecule has 0 atom stereocenters. The average molecular weight is 700 g/mol. The maximum Gasteiger partial charge on any atom is 0.293 e. The van der Waals surface area contributed by atoms with Crippen LogP contribution in [0.1, 0.15) is 23.6 Å². The molecule has 5 nitrogen and oxygen atoms in total. The first kappa shape index (κ1) is 26.8. The average Bonchev–Trinajstić information content (AvgIpc) is 3.17. The molecular weight excluding hydrogens is 677 g/mol. The van der Waals surface area contributed by atoms with Gasteiger partial charge < -0.3 is 9.47 Å². The summed E-state index contributed by atoms with van der Waals surface area (Å²) in [6, 6.07) is 25.8. The van der Waals surface area contributed by atoms with E-state index in [1.54, 1.807) is 6.08 Å². The van der Waals surface area contributed by atoms with Crippen LogP contribution in [0.2, 0.25) is 0 Å². The zero-order valence-electron chi connectivity index (χ0n) is 20.4. The van der Waals surface area contributed by atoms with E-state index in [4.69, 9.17) is 9.47 Å². The third-order valence-corrected chi connectivity index (χ3v) is 8.22. The first-order chi connectivity index (χ1) is 18.4. The topological polar surface area (TPSA) is 55.8 Å². The molecule has 0 aliphatic carbocycles. The summed E-state index contributed by atoms with van der Waals surface area (Å²) in [7, 11) is 0. The fraction of sp³-hybridized carbons (Fsp3) is 0.133. The Morgan fingerprint density at radius 2 is 1.74 bits per heavy atom. The van der Waals surface area contributed by atoms with Crippen LogP contribution in [0, 0.1) is 3.57 Å². The summed E-state index contributed by atoms with van der Waals surface area (Å²) in [5.74, 6) is 0.846. The summed E-state index contributed by atoms with van der Waals surface area (Å²) in [5.41, 5.74) is 2.71. The zero-order valence-corrected chi connectivity index (χ0v) is 25.0. The molecule has 8 heteroatoms. The number of imide groups is 1. The summed E-state index contributed by atoms with van der Waals surface area (Å²) in [5, 5.41) is 2.02. The monoisotopic (exact) mass is 699 g/mol. The summed E-state index contributed by atoms with van der Waals surface area (Å²) in [6.45, 7) is 2.97. The Morgan fingerprint density at radius 1 is 0.974 bits per heavy atom. The second kappa shape index (κ2) is 11.9. The highest BCUT2D eigenvalue weighted by Gasteiger charge is 2.35. The summed E-state index contributed by atoms with van der Waals surface area (Å²) < 4.78 is 13.9. The van der Waals surface area contributed by atoms with Crippen molar-refractivity contribution in [3.63, 3.8) is 0 Å². The molecule has 38 heavy (non-hydrogen) atoms. The van der Waals surface area contributed by atoms with Crippen LogP contribution >= 0.6 is 50.3 Å². The van der Waals surface area contributed by atoms with Crippen LogP contribution in [0.4, 0.5) is 4.79 Å². The third-order valence-electron chi connectivity index (χ3n) is 6.01. The fourth-order valence-corrected chi connectivity index (χ4v) is 5.97. The van der Waals surface area contributed by atoms with Crippen LogP contribution in [0.5, 0.6) is 11.5 Å². The number of amides is 2. The van der Waals surface area contributed by atoms with Gasteiger partial charge in [0.05, 0.1) is 22.5 Å². The number of thioether (sulfide) groups is 1. The highest BCUT2D eigenvalue weighted by atomic mass is 127. The maximum atomic E-state index is 13.1. The number of benzene rings is 4. The molecule has 1 saturated heterocycles. The van der Waals surface area contributed by atoms with Crippen molar-refractivity contribution < 1.29 is 19.1 Å². The first-order valence-electron chi connectivity index (χ1n) is 12.0. The standard InChI is InChI=1S/C30H23BrINO4S/c1-2-36-26-15-20(16-27-29(34)33(30(35)38-27)17-19-10-12-23(32)13-11-19)14-25(31)28(26)37-18-22-8-5-7-21-6-3-4-9-24(21)22/h3-16H,2,17-18H2,1H3/b27-16-. The number of fused-ring (bicyclic) bond motifs is 1. The van der Waals surface area contributed by atoms with Crippen LogP contribution < -0.4 is 9.47 Å². The van der Waals surface area contributed by atoms with Crippen molar-refractivity contribution >= 4 is 78.3 Å². The zero-order chi connectivity index (χ0) is 26.6. The van der Waals surface area contributed by atoms with E-state index in [2.05, 4.69) is 62.8 Å². The molecule has 1 fully saturated rings. The van der Waals surface area contributed by atoms with Gasteiger partial charge in [-0.2, -0.15) is 0 Å². The van der Waals surface area contributed by atoms with Crippen molar-refractivity contribution in [1.82, 2.24) is 4.90 Å². The van der Waals surface area contributed by atoms with Crippen LogP contribution in [0.3, 0.4) is 0 Å². The lowest BCUT2D eigenvalue weighted by Gasteiger charge is -2.16. The van der Waals surface area contributed by atoms with E-state index in [1.807, 2.05) is 61.5 Å². The lowest BCUT2D eigenvalue weighted by Crippen LogP contribution is -2.27. The Morgan fingerprint density at radius 3 is 2.53 bits per heavy atom. The number of nitrogens with zero attached hydrogens (tertiary/aromatic N) is 1. The Hall–Kier alpha value is -2.82. The third kappa shape index (κ3) is 5.92. The first-order valence-corrected chi connectivity index (χ1v) is 14.7. The maximum absolute atomic E-state index is 13.1. The van der Waals surface area contributed by atoms with Gasteiger partial charge in [0.25, 0.3) is 11.1 Å². The molecule has 0 aromatic heterocycles. The van der Waals surface area contributed by atoms with E-state index in [0.29, 0.717) is 34.1 Å². The highest BCUT2D eigenvalue weighted by Crippen LogP contribution is 2.40. The SMILES string of the molecule is CCOc1cc(/C=C2\SC(=O)N(Cc3ccc(I)cc3)C2=O)cc(Br)c1OCc1cccc2ccccc12. The van der Waals surface area contributed by atoms with Crippen molar-refractivity contribution in [1.29, 1.82) is 0 Å².